The molecular formula is C21H22N4O5S. The summed E-state index contributed by atoms with van der Waals surface area (Å²) in [6, 6.07) is 11.6. The van der Waals surface area contributed by atoms with Gasteiger partial charge in [-0.25, -0.2) is 9.78 Å². The molecule has 0 saturated heterocycles. The lowest BCUT2D eigenvalue weighted by atomic mass is 10.2. The lowest BCUT2D eigenvalue weighted by molar-refractivity contribution is 0.102. The molecule has 162 valence electrons. The van der Waals surface area contributed by atoms with Gasteiger partial charge in [0.25, 0.3) is 5.91 Å². The summed E-state index contributed by atoms with van der Waals surface area (Å²) in [5.41, 5.74) is 1.49. The van der Waals surface area contributed by atoms with Crippen molar-refractivity contribution in [1.82, 2.24) is 4.98 Å². The Bertz CT molecular complexity index is 1100. The second-order valence-electron chi connectivity index (χ2n) is 6.23. The highest BCUT2D eigenvalue weighted by atomic mass is 32.1. The SMILES string of the molecule is COc1ccc(NC(=O)c2sc(NC(=O)Nc3ccccc3OC)nc2C)c(OC)c1. The molecule has 2 aromatic carbocycles. The number of carbonyl (C=O) groups excluding carboxylic acids is 2. The first-order valence-corrected chi connectivity index (χ1v) is 9.98. The van der Waals surface area contributed by atoms with E-state index in [1.807, 2.05) is 0 Å². The third kappa shape index (κ3) is 5.23. The second-order valence-corrected chi connectivity index (χ2v) is 7.23. The van der Waals surface area contributed by atoms with Crippen LogP contribution in [0.3, 0.4) is 0 Å². The molecule has 0 aliphatic carbocycles. The summed E-state index contributed by atoms with van der Waals surface area (Å²) in [6.45, 7) is 1.69. The minimum Gasteiger partial charge on any atom is -0.497 e. The van der Waals surface area contributed by atoms with Crippen LogP contribution in [0.15, 0.2) is 42.5 Å². The fraction of sp³-hybridized carbons (Fsp3) is 0.190. The number of anilines is 3. The number of nitrogens with zero attached hydrogens (tertiary/aromatic N) is 1. The Balaban J connectivity index is 1.70. The van der Waals surface area contributed by atoms with E-state index in [0.717, 1.165) is 11.3 Å². The van der Waals surface area contributed by atoms with Crippen molar-refractivity contribution >= 4 is 39.8 Å². The summed E-state index contributed by atoms with van der Waals surface area (Å²) in [7, 11) is 4.57. The first kappa shape index (κ1) is 21.9. The summed E-state index contributed by atoms with van der Waals surface area (Å²) in [6.07, 6.45) is 0. The molecule has 0 atom stereocenters. The minimum atomic E-state index is -0.498. The number of ether oxygens (including phenoxy) is 3. The van der Waals surface area contributed by atoms with Crippen LogP contribution < -0.4 is 30.2 Å². The molecular weight excluding hydrogens is 420 g/mol. The van der Waals surface area contributed by atoms with E-state index >= 15 is 0 Å². The highest BCUT2D eigenvalue weighted by Gasteiger charge is 2.19. The second kappa shape index (κ2) is 9.81. The Morgan fingerprint density at radius 2 is 1.58 bits per heavy atom. The molecule has 9 nitrogen and oxygen atoms in total. The fourth-order valence-corrected chi connectivity index (χ4v) is 3.60. The number of aryl methyl sites for hydroxylation is 1. The summed E-state index contributed by atoms with van der Waals surface area (Å²) in [5, 5.41) is 8.42. The monoisotopic (exact) mass is 442 g/mol. The molecule has 0 fully saturated rings. The van der Waals surface area contributed by atoms with Crippen molar-refractivity contribution in [2.45, 2.75) is 6.92 Å². The maximum atomic E-state index is 12.8. The number of urea groups is 1. The molecule has 0 aliphatic rings. The third-order valence-electron chi connectivity index (χ3n) is 4.24. The zero-order valence-corrected chi connectivity index (χ0v) is 18.3. The highest BCUT2D eigenvalue weighted by molar-refractivity contribution is 7.17. The molecule has 0 bridgehead atoms. The van der Waals surface area contributed by atoms with Crippen LogP contribution in [0.2, 0.25) is 0 Å². The molecule has 31 heavy (non-hydrogen) atoms. The van der Waals surface area contributed by atoms with Gasteiger partial charge in [0.1, 0.15) is 22.1 Å². The first-order chi connectivity index (χ1) is 14.9. The molecule has 0 unspecified atom stereocenters. The third-order valence-corrected chi connectivity index (χ3v) is 5.31. The number of hydrogen-bond acceptors (Lipinski definition) is 7. The molecule has 10 heteroatoms. The van der Waals surface area contributed by atoms with Gasteiger partial charge in [0.15, 0.2) is 5.13 Å². The van der Waals surface area contributed by atoms with Crippen molar-refractivity contribution in [3.63, 3.8) is 0 Å². The van der Waals surface area contributed by atoms with Crippen LogP contribution in [-0.4, -0.2) is 38.3 Å². The van der Waals surface area contributed by atoms with Crippen molar-refractivity contribution in [2.24, 2.45) is 0 Å². The zero-order chi connectivity index (χ0) is 22.4. The van der Waals surface area contributed by atoms with Crippen LogP contribution >= 0.6 is 11.3 Å². The van der Waals surface area contributed by atoms with Crippen LogP contribution in [0.25, 0.3) is 0 Å². The van der Waals surface area contributed by atoms with E-state index in [4.69, 9.17) is 14.2 Å². The van der Waals surface area contributed by atoms with Gasteiger partial charge in [0.2, 0.25) is 0 Å². The maximum absolute atomic E-state index is 12.8. The summed E-state index contributed by atoms with van der Waals surface area (Å²) >= 11 is 1.06. The normalized spacial score (nSPS) is 10.2. The number of rotatable bonds is 7. The van der Waals surface area contributed by atoms with Crippen molar-refractivity contribution in [1.29, 1.82) is 0 Å². The van der Waals surface area contributed by atoms with E-state index in [0.29, 0.717) is 39.2 Å². The van der Waals surface area contributed by atoms with Gasteiger partial charge in [0, 0.05) is 6.07 Å². The standard InChI is InChI=1S/C21H22N4O5S/c1-12-18(19(26)23-15-10-9-13(28-2)11-17(15)30-4)31-21(22-12)25-20(27)24-14-7-5-6-8-16(14)29-3/h5-11H,1-4H3,(H,23,26)(H2,22,24,25,27). The number of carbonyl (C=O) groups is 2. The van der Waals surface area contributed by atoms with Gasteiger partial charge in [-0.15, -0.1) is 0 Å². The van der Waals surface area contributed by atoms with Gasteiger partial charge in [-0.05, 0) is 31.2 Å². The topological polar surface area (TPSA) is 111 Å². The number of amides is 3. The van der Waals surface area contributed by atoms with E-state index in [1.54, 1.807) is 56.5 Å². The van der Waals surface area contributed by atoms with E-state index in [2.05, 4.69) is 20.9 Å². The predicted octanol–water partition coefficient (Wildman–Crippen LogP) is 4.37. The Morgan fingerprint density at radius 1 is 0.871 bits per heavy atom. The summed E-state index contributed by atoms with van der Waals surface area (Å²) in [4.78, 5) is 29.7. The number of thiazole rings is 1. The molecule has 3 rings (SSSR count). The summed E-state index contributed by atoms with van der Waals surface area (Å²) in [5.74, 6) is 1.24. The van der Waals surface area contributed by atoms with Gasteiger partial charge >= 0.3 is 6.03 Å². The number of hydrogen-bond donors (Lipinski definition) is 3. The molecule has 0 aliphatic heterocycles. The van der Waals surface area contributed by atoms with E-state index in [-0.39, 0.29) is 11.0 Å². The first-order valence-electron chi connectivity index (χ1n) is 9.17. The van der Waals surface area contributed by atoms with E-state index in [9.17, 15) is 9.59 Å². The van der Waals surface area contributed by atoms with Crippen molar-refractivity contribution < 1.29 is 23.8 Å². The van der Waals surface area contributed by atoms with Crippen molar-refractivity contribution in [3.05, 3.63) is 53.0 Å². The largest absolute Gasteiger partial charge is 0.497 e. The molecule has 0 spiro atoms. The Labute approximate surface area is 183 Å². The maximum Gasteiger partial charge on any atom is 0.325 e. The average molecular weight is 442 g/mol. The van der Waals surface area contributed by atoms with Gasteiger partial charge < -0.3 is 24.8 Å². The lowest BCUT2D eigenvalue weighted by Crippen LogP contribution is -2.19. The smallest absolute Gasteiger partial charge is 0.325 e. The Morgan fingerprint density at radius 3 is 2.29 bits per heavy atom. The molecule has 3 N–H and O–H groups in total. The average Bonchev–Trinajstić information content (AvgIpc) is 3.14. The fourth-order valence-electron chi connectivity index (χ4n) is 2.74. The number of aromatic nitrogens is 1. The number of nitrogens with one attached hydrogen (secondary N) is 3. The zero-order valence-electron chi connectivity index (χ0n) is 17.4. The number of benzene rings is 2. The van der Waals surface area contributed by atoms with Crippen LogP contribution in [0.4, 0.5) is 21.3 Å². The number of methoxy groups -OCH3 is 3. The Hall–Kier alpha value is -3.79. The highest BCUT2D eigenvalue weighted by Crippen LogP contribution is 2.31. The van der Waals surface area contributed by atoms with Crippen molar-refractivity contribution in [3.8, 4) is 17.2 Å². The molecule has 3 amide bonds. The van der Waals surface area contributed by atoms with Crippen LogP contribution in [0.5, 0.6) is 17.2 Å². The van der Waals surface area contributed by atoms with Gasteiger partial charge in [0.05, 0.1) is 38.4 Å². The van der Waals surface area contributed by atoms with Gasteiger partial charge in [-0.3, -0.25) is 10.1 Å². The quantitative estimate of drug-likeness (QED) is 0.501. The minimum absolute atomic E-state index is 0.289. The molecule has 0 saturated carbocycles. The number of para-hydroxylation sites is 2. The molecule has 1 heterocycles. The lowest BCUT2D eigenvalue weighted by Gasteiger charge is -2.11. The van der Waals surface area contributed by atoms with Gasteiger partial charge in [-0.2, -0.15) is 0 Å². The van der Waals surface area contributed by atoms with E-state index < -0.39 is 6.03 Å². The van der Waals surface area contributed by atoms with Crippen molar-refractivity contribution in [2.75, 3.05) is 37.3 Å². The summed E-state index contributed by atoms with van der Waals surface area (Å²) < 4.78 is 15.7. The van der Waals surface area contributed by atoms with Crippen LogP contribution in [-0.2, 0) is 0 Å². The van der Waals surface area contributed by atoms with E-state index in [1.165, 1.54) is 14.2 Å². The molecule has 3 aromatic rings. The molecule has 1 aromatic heterocycles. The van der Waals surface area contributed by atoms with Crippen LogP contribution in [0, 0.1) is 6.92 Å². The Kier molecular flexibility index (Phi) is 6.93. The molecule has 0 radical (unpaired) electrons. The van der Waals surface area contributed by atoms with Gasteiger partial charge in [-0.1, -0.05) is 23.5 Å². The van der Waals surface area contributed by atoms with Crippen LogP contribution in [0.1, 0.15) is 15.4 Å². The predicted molar refractivity (Wildman–Crippen MR) is 120 cm³/mol.